The van der Waals surface area contributed by atoms with E-state index < -0.39 is 10.0 Å². The minimum absolute atomic E-state index is 0.0476. The quantitative estimate of drug-likeness (QED) is 0.697. The number of methoxy groups -OCH3 is 1. The van der Waals surface area contributed by atoms with E-state index >= 15 is 0 Å². The van der Waals surface area contributed by atoms with Crippen LogP contribution < -0.4 is 9.64 Å². The summed E-state index contributed by atoms with van der Waals surface area (Å²) in [6.45, 7) is 2.36. The van der Waals surface area contributed by atoms with Gasteiger partial charge in [-0.15, -0.1) is 0 Å². The van der Waals surface area contributed by atoms with Gasteiger partial charge in [0.25, 0.3) is 0 Å². The third kappa shape index (κ3) is 3.44. The molecule has 2 rings (SSSR count). The van der Waals surface area contributed by atoms with Gasteiger partial charge in [0.05, 0.1) is 12.8 Å². The number of carbonyl (C=O) groups excluding carboxylic acids is 2. The Balaban J connectivity index is 2.46. The molecular formula is C16H22N2O5S. The van der Waals surface area contributed by atoms with Crippen LogP contribution in [0.3, 0.4) is 0 Å². The van der Waals surface area contributed by atoms with Crippen LogP contribution in [-0.2, 0) is 19.6 Å². The predicted molar refractivity (Wildman–Crippen MR) is 89.4 cm³/mol. The molecule has 0 spiro atoms. The molecule has 1 heterocycles. The molecule has 132 valence electrons. The van der Waals surface area contributed by atoms with Gasteiger partial charge < -0.3 is 4.74 Å². The second kappa shape index (κ2) is 7.31. The summed E-state index contributed by atoms with van der Waals surface area (Å²) in [6, 6.07) is 4.32. The molecule has 1 saturated heterocycles. The summed E-state index contributed by atoms with van der Waals surface area (Å²) in [5.74, 6) is -0.470. The lowest BCUT2D eigenvalue weighted by atomic mass is 10.2. The topological polar surface area (TPSA) is 84.0 Å². The zero-order valence-electron chi connectivity index (χ0n) is 14.1. The Morgan fingerprint density at radius 2 is 1.83 bits per heavy atom. The number of anilines is 1. The first-order valence-electron chi connectivity index (χ1n) is 7.83. The molecular weight excluding hydrogens is 332 g/mol. The Morgan fingerprint density at radius 1 is 1.21 bits per heavy atom. The van der Waals surface area contributed by atoms with Gasteiger partial charge in [-0.1, -0.05) is 13.3 Å². The first-order chi connectivity index (χ1) is 11.3. The van der Waals surface area contributed by atoms with E-state index in [4.69, 9.17) is 4.74 Å². The van der Waals surface area contributed by atoms with Crippen molar-refractivity contribution < 1.29 is 22.7 Å². The second-order valence-electron chi connectivity index (χ2n) is 5.64. The Bertz CT molecular complexity index is 729. The number of rotatable bonds is 7. The number of nitrogens with zero attached hydrogens (tertiary/aromatic N) is 2. The summed E-state index contributed by atoms with van der Waals surface area (Å²) in [6.07, 6.45) is 1.89. The lowest BCUT2D eigenvalue weighted by Gasteiger charge is -2.21. The molecule has 0 bridgehead atoms. The van der Waals surface area contributed by atoms with E-state index in [0.717, 1.165) is 17.7 Å². The molecule has 0 saturated carbocycles. The van der Waals surface area contributed by atoms with Gasteiger partial charge in [-0.05, 0) is 24.6 Å². The number of carbonyl (C=O) groups is 2. The number of benzene rings is 1. The lowest BCUT2D eigenvalue weighted by molar-refractivity contribution is -0.121. The van der Waals surface area contributed by atoms with E-state index in [1.807, 2.05) is 6.92 Å². The van der Waals surface area contributed by atoms with Crippen molar-refractivity contribution >= 4 is 27.5 Å². The monoisotopic (exact) mass is 354 g/mol. The van der Waals surface area contributed by atoms with Crippen LogP contribution in [0.25, 0.3) is 0 Å². The van der Waals surface area contributed by atoms with Crippen molar-refractivity contribution in [3.8, 4) is 5.75 Å². The number of ether oxygens (including phenoxy) is 1. The highest BCUT2D eigenvalue weighted by molar-refractivity contribution is 7.89. The lowest BCUT2D eigenvalue weighted by Crippen LogP contribution is -2.30. The summed E-state index contributed by atoms with van der Waals surface area (Å²) in [5, 5.41) is 0. The van der Waals surface area contributed by atoms with Crippen LogP contribution in [0.2, 0.25) is 0 Å². The highest BCUT2D eigenvalue weighted by Gasteiger charge is 2.32. The molecule has 0 unspecified atom stereocenters. The van der Waals surface area contributed by atoms with Gasteiger partial charge in [-0.2, -0.15) is 0 Å². The molecule has 0 atom stereocenters. The minimum Gasteiger partial charge on any atom is -0.495 e. The Morgan fingerprint density at radius 3 is 2.38 bits per heavy atom. The fourth-order valence-electron chi connectivity index (χ4n) is 2.54. The van der Waals surface area contributed by atoms with Crippen LogP contribution in [0.1, 0.15) is 32.6 Å². The largest absolute Gasteiger partial charge is 0.495 e. The van der Waals surface area contributed by atoms with Gasteiger partial charge in [-0.25, -0.2) is 12.7 Å². The average Bonchev–Trinajstić information content (AvgIpc) is 2.90. The Hall–Kier alpha value is -1.93. The van der Waals surface area contributed by atoms with E-state index in [9.17, 15) is 18.0 Å². The molecule has 8 heteroatoms. The Kier molecular flexibility index (Phi) is 5.61. The van der Waals surface area contributed by atoms with Crippen LogP contribution in [0.5, 0.6) is 5.75 Å². The zero-order chi connectivity index (χ0) is 17.9. The van der Waals surface area contributed by atoms with Gasteiger partial charge in [-0.3, -0.25) is 14.5 Å². The van der Waals surface area contributed by atoms with Gasteiger partial charge >= 0.3 is 0 Å². The van der Waals surface area contributed by atoms with Crippen LogP contribution in [0, 0.1) is 0 Å². The summed E-state index contributed by atoms with van der Waals surface area (Å²) in [5.41, 5.74) is 0.255. The molecule has 24 heavy (non-hydrogen) atoms. The average molecular weight is 354 g/mol. The Labute approximate surface area is 142 Å². The van der Waals surface area contributed by atoms with Crippen LogP contribution in [0.4, 0.5) is 5.69 Å². The molecule has 0 N–H and O–H groups in total. The third-order valence-corrected chi connectivity index (χ3v) is 5.85. The molecule has 1 aliphatic heterocycles. The number of sulfonamides is 1. The highest BCUT2D eigenvalue weighted by atomic mass is 32.2. The number of hydrogen-bond donors (Lipinski definition) is 0. The van der Waals surface area contributed by atoms with Gasteiger partial charge in [0, 0.05) is 26.4 Å². The van der Waals surface area contributed by atoms with Crippen molar-refractivity contribution in [2.24, 2.45) is 0 Å². The summed E-state index contributed by atoms with van der Waals surface area (Å²) in [4.78, 5) is 24.8. The minimum atomic E-state index is -3.78. The second-order valence-corrected chi connectivity index (χ2v) is 7.65. The first kappa shape index (κ1) is 18.4. The number of amides is 2. The summed E-state index contributed by atoms with van der Waals surface area (Å²) < 4.78 is 32.0. The standard InChI is InChI=1S/C16H22N2O5S/c1-4-5-10-17(2)24(21,22)14-11-12(6-7-13(14)23-3)18-15(19)8-9-16(18)20/h6-7,11H,4-5,8-10H2,1-3H3. The van der Waals surface area contributed by atoms with E-state index in [2.05, 4.69) is 0 Å². The highest BCUT2D eigenvalue weighted by Crippen LogP contribution is 2.32. The van der Waals surface area contributed by atoms with Crippen molar-refractivity contribution in [2.45, 2.75) is 37.5 Å². The van der Waals surface area contributed by atoms with Gasteiger partial charge in [0.15, 0.2) is 0 Å². The van der Waals surface area contributed by atoms with Crippen molar-refractivity contribution in [2.75, 3.05) is 25.6 Å². The third-order valence-electron chi connectivity index (χ3n) is 3.97. The fraction of sp³-hybridized carbons (Fsp3) is 0.500. The van der Waals surface area contributed by atoms with Crippen LogP contribution in [-0.4, -0.2) is 45.2 Å². The van der Waals surface area contributed by atoms with Crippen LogP contribution in [0.15, 0.2) is 23.1 Å². The maximum atomic E-state index is 12.8. The number of hydrogen-bond acceptors (Lipinski definition) is 5. The van der Waals surface area contributed by atoms with Gasteiger partial charge in [0.2, 0.25) is 21.8 Å². The van der Waals surface area contributed by atoms with Crippen molar-refractivity contribution in [1.29, 1.82) is 0 Å². The maximum absolute atomic E-state index is 12.8. The van der Waals surface area contributed by atoms with E-state index in [0.29, 0.717) is 6.54 Å². The fourth-order valence-corrected chi connectivity index (χ4v) is 3.92. The molecule has 2 amide bonds. The SMILES string of the molecule is CCCCN(C)S(=O)(=O)c1cc(N2C(=O)CCC2=O)ccc1OC. The van der Waals surface area contributed by atoms with E-state index in [1.54, 1.807) is 0 Å². The molecule has 0 aliphatic carbocycles. The van der Waals surface area contributed by atoms with Gasteiger partial charge in [0.1, 0.15) is 10.6 Å². The molecule has 0 radical (unpaired) electrons. The first-order valence-corrected chi connectivity index (χ1v) is 9.27. The molecule has 1 aliphatic rings. The molecule has 0 aromatic heterocycles. The molecule has 1 aromatic rings. The molecule has 7 nitrogen and oxygen atoms in total. The van der Waals surface area contributed by atoms with E-state index in [1.165, 1.54) is 36.7 Å². The normalized spacial score (nSPS) is 15.4. The predicted octanol–water partition coefficient (Wildman–Crippen LogP) is 1.77. The maximum Gasteiger partial charge on any atom is 0.246 e. The molecule has 1 aromatic carbocycles. The van der Waals surface area contributed by atoms with Crippen molar-refractivity contribution in [3.63, 3.8) is 0 Å². The number of unbranched alkanes of at least 4 members (excludes halogenated alkanes) is 1. The van der Waals surface area contributed by atoms with Crippen LogP contribution >= 0.6 is 0 Å². The van der Waals surface area contributed by atoms with Crippen molar-refractivity contribution in [3.05, 3.63) is 18.2 Å². The van der Waals surface area contributed by atoms with Crippen molar-refractivity contribution in [1.82, 2.24) is 4.31 Å². The van der Waals surface area contributed by atoms with E-state index in [-0.39, 0.29) is 41.0 Å². The smallest absolute Gasteiger partial charge is 0.246 e. The molecule has 1 fully saturated rings. The summed E-state index contributed by atoms with van der Waals surface area (Å²) in [7, 11) is -0.898. The summed E-state index contributed by atoms with van der Waals surface area (Å²) >= 11 is 0. The number of imide groups is 1. The zero-order valence-corrected chi connectivity index (χ0v) is 14.9.